The molecule has 0 spiro atoms. The summed E-state index contributed by atoms with van der Waals surface area (Å²) in [7, 11) is 1.63. The van der Waals surface area contributed by atoms with Crippen LogP contribution in [0.25, 0.3) is 0 Å². The SMILES string of the molecule is COc1ccc(F)c2c1CN(c1cnccc1C)CC2. The van der Waals surface area contributed by atoms with Crippen molar-refractivity contribution in [3.63, 3.8) is 0 Å². The molecular formula is C16H17FN2O. The van der Waals surface area contributed by atoms with Crippen molar-refractivity contribution in [2.45, 2.75) is 19.9 Å². The maximum Gasteiger partial charge on any atom is 0.127 e. The number of pyridine rings is 1. The molecule has 3 rings (SSSR count). The number of hydrogen-bond donors (Lipinski definition) is 0. The Morgan fingerprint density at radius 3 is 2.85 bits per heavy atom. The number of ether oxygens (including phenoxy) is 1. The Kier molecular flexibility index (Phi) is 3.30. The number of halogens is 1. The quantitative estimate of drug-likeness (QED) is 0.840. The minimum absolute atomic E-state index is 0.136. The third-order valence-corrected chi connectivity index (χ3v) is 3.88. The molecule has 0 amide bonds. The highest BCUT2D eigenvalue weighted by Gasteiger charge is 2.23. The number of methoxy groups -OCH3 is 1. The first-order valence-corrected chi connectivity index (χ1v) is 6.70. The van der Waals surface area contributed by atoms with Crippen molar-refractivity contribution in [1.29, 1.82) is 0 Å². The standard InChI is InChI=1S/C16H17FN2O/c1-11-5-7-18-9-15(11)19-8-6-12-13(10-19)16(20-2)4-3-14(12)17/h3-5,7,9H,6,8,10H2,1-2H3. The average molecular weight is 272 g/mol. The highest BCUT2D eigenvalue weighted by Crippen LogP contribution is 2.33. The van der Waals surface area contributed by atoms with Gasteiger partial charge in [-0.2, -0.15) is 0 Å². The fraction of sp³-hybridized carbons (Fsp3) is 0.312. The van der Waals surface area contributed by atoms with Crippen molar-refractivity contribution >= 4 is 5.69 Å². The molecule has 2 aromatic rings. The first-order valence-electron chi connectivity index (χ1n) is 6.70. The molecule has 0 saturated heterocycles. The van der Waals surface area contributed by atoms with Crippen molar-refractivity contribution < 1.29 is 9.13 Å². The maximum absolute atomic E-state index is 13.9. The lowest BCUT2D eigenvalue weighted by Gasteiger charge is -2.32. The number of nitrogens with zero attached hydrogens (tertiary/aromatic N) is 2. The molecule has 0 fully saturated rings. The van der Waals surface area contributed by atoms with Crippen LogP contribution in [-0.2, 0) is 13.0 Å². The molecule has 0 bridgehead atoms. The van der Waals surface area contributed by atoms with Crippen molar-refractivity contribution in [3.8, 4) is 5.75 Å². The van der Waals surface area contributed by atoms with Crippen molar-refractivity contribution in [2.24, 2.45) is 0 Å². The van der Waals surface area contributed by atoms with E-state index in [1.165, 1.54) is 11.6 Å². The fourth-order valence-electron chi connectivity index (χ4n) is 2.79. The first-order chi connectivity index (χ1) is 9.70. The molecule has 0 radical (unpaired) electrons. The van der Waals surface area contributed by atoms with Gasteiger partial charge in [0.25, 0.3) is 0 Å². The zero-order valence-corrected chi connectivity index (χ0v) is 11.7. The summed E-state index contributed by atoms with van der Waals surface area (Å²) in [6.07, 6.45) is 4.34. The second-order valence-electron chi connectivity index (χ2n) is 5.04. The number of rotatable bonds is 2. The van der Waals surface area contributed by atoms with E-state index in [4.69, 9.17) is 4.74 Å². The van der Waals surface area contributed by atoms with E-state index in [0.29, 0.717) is 13.0 Å². The summed E-state index contributed by atoms with van der Waals surface area (Å²) >= 11 is 0. The molecule has 0 aliphatic carbocycles. The largest absolute Gasteiger partial charge is 0.496 e. The Balaban J connectivity index is 2.00. The summed E-state index contributed by atoms with van der Waals surface area (Å²) < 4.78 is 19.3. The number of hydrogen-bond acceptors (Lipinski definition) is 3. The van der Waals surface area contributed by atoms with E-state index in [2.05, 4.69) is 16.8 Å². The molecule has 0 N–H and O–H groups in total. The van der Waals surface area contributed by atoms with Gasteiger partial charge in [-0.3, -0.25) is 4.98 Å². The third-order valence-electron chi connectivity index (χ3n) is 3.88. The number of anilines is 1. The summed E-state index contributed by atoms with van der Waals surface area (Å²) in [5, 5.41) is 0. The summed E-state index contributed by atoms with van der Waals surface area (Å²) in [5.74, 6) is 0.621. The smallest absolute Gasteiger partial charge is 0.127 e. The van der Waals surface area contributed by atoms with Gasteiger partial charge < -0.3 is 9.64 Å². The Hall–Kier alpha value is -2.10. The van der Waals surface area contributed by atoms with E-state index < -0.39 is 0 Å². The van der Waals surface area contributed by atoms with Gasteiger partial charge in [-0.1, -0.05) is 0 Å². The van der Waals surface area contributed by atoms with Crippen molar-refractivity contribution in [2.75, 3.05) is 18.6 Å². The van der Waals surface area contributed by atoms with E-state index in [1.807, 2.05) is 12.3 Å². The van der Waals surface area contributed by atoms with Crippen LogP contribution in [0, 0.1) is 12.7 Å². The lowest BCUT2D eigenvalue weighted by Crippen LogP contribution is -2.31. The topological polar surface area (TPSA) is 25.4 Å². The third kappa shape index (κ3) is 2.11. The normalized spacial score (nSPS) is 14.1. The van der Waals surface area contributed by atoms with E-state index in [9.17, 15) is 4.39 Å². The molecule has 3 nitrogen and oxygen atoms in total. The van der Waals surface area contributed by atoms with Crippen LogP contribution in [0.3, 0.4) is 0 Å². The predicted octanol–water partition coefficient (Wildman–Crippen LogP) is 3.10. The molecule has 1 aromatic heterocycles. The molecule has 1 aromatic carbocycles. The molecule has 1 aliphatic heterocycles. The fourth-order valence-corrected chi connectivity index (χ4v) is 2.79. The molecule has 0 saturated carbocycles. The van der Waals surface area contributed by atoms with Crippen LogP contribution in [0.15, 0.2) is 30.6 Å². The van der Waals surface area contributed by atoms with Gasteiger partial charge in [0, 0.05) is 24.8 Å². The Bertz CT molecular complexity index is 642. The van der Waals surface area contributed by atoms with E-state index in [0.717, 1.165) is 29.1 Å². The highest BCUT2D eigenvalue weighted by molar-refractivity contribution is 5.55. The van der Waals surface area contributed by atoms with Crippen LogP contribution in [0.4, 0.5) is 10.1 Å². The van der Waals surface area contributed by atoms with Gasteiger partial charge in [0.2, 0.25) is 0 Å². The monoisotopic (exact) mass is 272 g/mol. The molecular weight excluding hydrogens is 255 g/mol. The van der Waals surface area contributed by atoms with Crippen molar-refractivity contribution in [1.82, 2.24) is 4.98 Å². The average Bonchev–Trinajstić information content (AvgIpc) is 2.48. The second-order valence-corrected chi connectivity index (χ2v) is 5.04. The number of aryl methyl sites for hydroxylation is 1. The van der Waals surface area contributed by atoms with Gasteiger partial charge in [-0.15, -0.1) is 0 Å². The molecule has 1 aliphatic rings. The minimum Gasteiger partial charge on any atom is -0.496 e. The zero-order valence-electron chi connectivity index (χ0n) is 11.7. The zero-order chi connectivity index (χ0) is 14.1. The van der Waals surface area contributed by atoms with Crippen LogP contribution < -0.4 is 9.64 Å². The lowest BCUT2D eigenvalue weighted by molar-refractivity contribution is 0.404. The Morgan fingerprint density at radius 2 is 2.10 bits per heavy atom. The van der Waals surface area contributed by atoms with E-state index in [-0.39, 0.29) is 5.82 Å². The molecule has 20 heavy (non-hydrogen) atoms. The first kappa shape index (κ1) is 12.9. The summed E-state index contributed by atoms with van der Waals surface area (Å²) in [6.45, 7) is 3.52. The van der Waals surface area contributed by atoms with Gasteiger partial charge in [0.05, 0.1) is 19.0 Å². The Morgan fingerprint density at radius 1 is 1.25 bits per heavy atom. The predicted molar refractivity (Wildman–Crippen MR) is 76.7 cm³/mol. The molecule has 0 atom stereocenters. The van der Waals surface area contributed by atoms with Gasteiger partial charge in [0.1, 0.15) is 11.6 Å². The molecule has 2 heterocycles. The summed E-state index contributed by atoms with van der Waals surface area (Å²) in [6, 6.07) is 5.18. The lowest BCUT2D eigenvalue weighted by atomic mass is 9.97. The second kappa shape index (κ2) is 5.12. The van der Waals surface area contributed by atoms with Crippen LogP contribution in [-0.4, -0.2) is 18.6 Å². The van der Waals surface area contributed by atoms with Crippen LogP contribution in [0.5, 0.6) is 5.75 Å². The van der Waals surface area contributed by atoms with Crippen LogP contribution in [0.1, 0.15) is 16.7 Å². The van der Waals surface area contributed by atoms with Crippen LogP contribution in [0.2, 0.25) is 0 Å². The molecule has 4 heteroatoms. The number of benzene rings is 1. The van der Waals surface area contributed by atoms with Crippen LogP contribution >= 0.6 is 0 Å². The van der Waals surface area contributed by atoms with Gasteiger partial charge in [0.15, 0.2) is 0 Å². The summed E-state index contributed by atoms with van der Waals surface area (Å²) in [4.78, 5) is 6.42. The van der Waals surface area contributed by atoms with Gasteiger partial charge in [-0.05, 0) is 42.7 Å². The molecule has 0 unspecified atom stereocenters. The number of fused-ring (bicyclic) bond motifs is 1. The minimum atomic E-state index is -0.136. The van der Waals surface area contributed by atoms with E-state index >= 15 is 0 Å². The summed E-state index contributed by atoms with van der Waals surface area (Å²) in [5.41, 5.74) is 4.01. The van der Waals surface area contributed by atoms with Gasteiger partial charge >= 0.3 is 0 Å². The number of aromatic nitrogens is 1. The van der Waals surface area contributed by atoms with Gasteiger partial charge in [-0.25, -0.2) is 4.39 Å². The Labute approximate surface area is 118 Å². The van der Waals surface area contributed by atoms with E-state index in [1.54, 1.807) is 19.4 Å². The van der Waals surface area contributed by atoms with Crippen molar-refractivity contribution in [3.05, 3.63) is 53.1 Å². The molecule has 104 valence electrons. The maximum atomic E-state index is 13.9. The highest BCUT2D eigenvalue weighted by atomic mass is 19.1.